The number of hydrogen-bond acceptors (Lipinski definition) is 4. The Labute approximate surface area is 123 Å². The van der Waals surface area contributed by atoms with Crippen molar-refractivity contribution in [1.82, 2.24) is 9.78 Å². The summed E-state index contributed by atoms with van der Waals surface area (Å²) in [5.74, 6) is 0. The minimum atomic E-state index is -0.383. The van der Waals surface area contributed by atoms with Crippen molar-refractivity contribution in [3.8, 4) is 0 Å². The number of nitro benzene ring substituents is 1. The molecule has 6 heteroatoms. The topological polar surface area (TPSA) is 87.0 Å². The van der Waals surface area contributed by atoms with Crippen LogP contribution in [0, 0.1) is 24.0 Å². The second-order valence-electron chi connectivity index (χ2n) is 5.42. The van der Waals surface area contributed by atoms with Gasteiger partial charge in [0.05, 0.1) is 17.2 Å². The first kappa shape index (κ1) is 15.2. The SMILES string of the molecule is Cc1nn(Cc2cccc([N+](=O)[O-])c2)c(C)c1CC(C)N. The van der Waals surface area contributed by atoms with Crippen molar-refractivity contribution in [1.29, 1.82) is 0 Å². The summed E-state index contributed by atoms with van der Waals surface area (Å²) >= 11 is 0. The van der Waals surface area contributed by atoms with Gasteiger partial charge in [-0.15, -0.1) is 0 Å². The fourth-order valence-corrected chi connectivity index (χ4v) is 2.45. The van der Waals surface area contributed by atoms with Gasteiger partial charge in [0.25, 0.3) is 5.69 Å². The molecule has 1 aromatic carbocycles. The smallest absolute Gasteiger partial charge is 0.269 e. The highest BCUT2D eigenvalue weighted by molar-refractivity contribution is 5.35. The van der Waals surface area contributed by atoms with Gasteiger partial charge >= 0.3 is 0 Å². The Morgan fingerprint density at radius 3 is 2.76 bits per heavy atom. The van der Waals surface area contributed by atoms with Crippen molar-refractivity contribution >= 4 is 5.69 Å². The molecule has 2 N–H and O–H groups in total. The summed E-state index contributed by atoms with van der Waals surface area (Å²) < 4.78 is 1.88. The Bertz CT molecular complexity index is 662. The van der Waals surface area contributed by atoms with Gasteiger partial charge in [-0.25, -0.2) is 0 Å². The third-order valence-electron chi connectivity index (χ3n) is 3.51. The van der Waals surface area contributed by atoms with Crippen LogP contribution in [0.25, 0.3) is 0 Å². The van der Waals surface area contributed by atoms with Crippen LogP contribution in [0.4, 0.5) is 5.69 Å². The van der Waals surface area contributed by atoms with E-state index in [4.69, 9.17) is 5.73 Å². The Hall–Kier alpha value is -2.21. The van der Waals surface area contributed by atoms with Gasteiger partial charge in [0.2, 0.25) is 0 Å². The van der Waals surface area contributed by atoms with Crippen molar-refractivity contribution < 1.29 is 4.92 Å². The van der Waals surface area contributed by atoms with E-state index in [0.717, 1.165) is 28.9 Å². The van der Waals surface area contributed by atoms with Crippen molar-refractivity contribution in [2.24, 2.45) is 5.73 Å². The normalized spacial score (nSPS) is 12.4. The molecule has 0 saturated carbocycles. The Morgan fingerprint density at radius 2 is 2.14 bits per heavy atom. The van der Waals surface area contributed by atoms with E-state index in [1.54, 1.807) is 12.1 Å². The molecule has 0 amide bonds. The zero-order valence-corrected chi connectivity index (χ0v) is 12.5. The summed E-state index contributed by atoms with van der Waals surface area (Å²) in [6.45, 7) is 6.47. The fourth-order valence-electron chi connectivity index (χ4n) is 2.45. The van der Waals surface area contributed by atoms with Gasteiger partial charge in [0.15, 0.2) is 0 Å². The molecule has 2 rings (SSSR count). The molecule has 1 unspecified atom stereocenters. The summed E-state index contributed by atoms with van der Waals surface area (Å²) in [5.41, 5.74) is 10.0. The summed E-state index contributed by atoms with van der Waals surface area (Å²) in [7, 11) is 0. The number of hydrogen-bond donors (Lipinski definition) is 1. The van der Waals surface area contributed by atoms with Crippen LogP contribution in [0.3, 0.4) is 0 Å². The second kappa shape index (κ2) is 6.05. The van der Waals surface area contributed by atoms with E-state index < -0.39 is 0 Å². The van der Waals surface area contributed by atoms with E-state index in [0.29, 0.717) is 6.54 Å². The summed E-state index contributed by atoms with van der Waals surface area (Å²) in [4.78, 5) is 10.4. The monoisotopic (exact) mass is 288 g/mol. The Balaban J connectivity index is 2.28. The number of benzene rings is 1. The molecule has 0 radical (unpaired) electrons. The lowest BCUT2D eigenvalue weighted by Gasteiger charge is -2.07. The maximum absolute atomic E-state index is 10.8. The van der Waals surface area contributed by atoms with E-state index >= 15 is 0 Å². The Morgan fingerprint density at radius 1 is 1.43 bits per heavy atom. The zero-order chi connectivity index (χ0) is 15.6. The van der Waals surface area contributed by atoms with Crippen LogP contribution >= 0.6 is 0 Å². The molecule has 1 atom stereocenters. The number of nitrogens with two attached hydrogens (primary N) is 1. The van der Waals surface area contributed by atoms with E-state index in [1.165, 1.54) is 6.07 Å². The van der Waals surface area contributed by atoms with Crippen molar-refractivity contribution in [2.75, 3.05) is 0 Å². The Kier molecular flexibility index (Phi) is 4.37. The lowest BCUT2D eigenvalue weighted by atomic mass is 10.1. The molecule has 0 aliphatic rings. The largest absolute Gasteiger partial charge is 0.328 e. The number of aromatic nitrogens is 2. The average molecular weight is 288 g/mol. The van der Waals surface area contributed by atoms with Crippen LogP contribution in [0.5, 0.6) is 0 Å². The average Bonchev–Trinajstić information content (AvgIpc) is 2.66. The summed E-state index contributed by atoms with van der Waals surface area (Å²) in [6.07, 6.45) is 0.784. The molecule has 21 heavy (non-hydrogen) atoms. The van der Waals surface area contributed by atoms with Gasteiger partial charge < -0.3 is 5.73 Å². The molecule has 1 aromatic heterocycles. The van der Waals surface area contributed by atoms with Gasteiger partial charge in [-0.3, -0.25) is 14.8 Å². The van der Waals surface area contributed by atoms with Crippen molar-refractivity contribution in [2.45, 2.75) is 39.8 Å². The van der Waals surface area contributed by atoms with Crippen LogP contribution in [-0.4, -0.2) is 20.7 Å². The standard InChI is InChI=1S/C15H20N4O2/c1-10(16)7-15-11(2)17-18(12(15)3)9-13-5-4-6-14(8-13)19(20)21/h4-6,8,10H,7,9,16H2,1-3H3. The van der Waals surface area contributed by atoms with Crippen LogP contribution < -0.4 is 5.73 Å². The third-order valence-corrected chi connectivity index (χ3v) is 3.51. The summed E-state index contributed by atoms with van der Waals surface area (Å²) in [5, 5.41) is 15.3. The predicted octanol–water partition coefficient (Wildman–Crippen LogP) is 2.35. The van der Waals surface area contributed by atoms with E-state index in [2.05, 4.69) is 5.10 Å². The number of non-ortho nitro benzene ring substituents is 1. The lowest BCUT2D eigenvalue weighted by Crippen LogP contribution is -2.18. The molecule has 0 aliphatic carbocycles. The van der Waals surface area contributed by atoms with Crippen LogP contribution in [-0.2, 0) is 13.0 Å². The molecular formula is C15H20N4O2. The maximum Gasteiger partial charge on any atom is 0.269 e. The number of rotatable bonds is 5. The predicted molar refractivity (Wildman–Crippen MR) is 81.3 cm³/mol. The zero-order valence-electron chi connectivity index (χ0n) is 12.5. The van der Waals surface area contributed by atoms with E-state index in [1.807, 2.05) is 31.5 Å². The van der Waals surface area contributed by atoms with Gasteiger partial charge in [-0.1, -0.05) is 12.1 Å². The third kappa shape index (κ3) is 3.46. The van der Waals surface area contributed by atoms with Crippen LogP contribution in [0.2, 0.25) is 0 Å². The molecule has 2 aromatic rings. The number of nitrogens with zero attached hydrogens (tertiary/aromatic N) is 3. The van der Waals surface area contributed by atoms with Crippen molar-refractivity contribution in [3.05, 3.63) is 56.9 Å². The molecule has 1 heterocycles. The minimum Gasteiger partial charge on any atom is -0.328 e. The van der Waals surface area contributed by atoms with Gasteiger partial charge in [0.1, 0.15) is 0 Å². The molecule has 0 fully saturated rings. The first-order chi connectivity index (χ1) is 9.88. The highest BCUT2D eigenvalue weighted by Crippen LogP contribution is 2.18. The molecule has 0 bridgehead atoms. The number of aryl methyl sites for hydroxylation is 1. The van der Waals surface area contributed by atoms with Gasteiger partial charge in [-0.05, 0) is 38.3 Å². The molecule has 0 spiro atoms. The van der Waals surface area contributed by atoms with Crippen LogP contribution in [0.15, 0.2) is 24.3 Å². The molecule has 112 valence electrons. The first-order valence-electron chi connectivity index (χ1n) is 6.90. The molecule has 6 nitrogen and oxygen atoms in total. The minimum absolute atomic E-state index is 0.0814. The van der Waals surface area contributed by atoms with Gasteiger partial charge in [-0.2, -0.15) is 5.10 Å². The van der Waals surface area contributed by atoms with Crippen molar-refractivity contribution in [3.63, 3.8) is 0 Å². The highest BCUT2D eigenvalue weighted by Gasteiger charge is 2.14. The van der Waals surface area contributed by atoms with E-state index in [9.17, 15) is 10.1 Å². The van der Waals surface area contributed by atoms with E-state index in [-0.39, 0.29) is 16.7 Å². The summed E-state index contributed by atoms with van der Waals surface area (Å²) in [6, 6.07) is 6.72. The van der Waals surface area contributed by atoms with Gasteiger partial charge in [0, 0.05) is 23.9 Å². The maximum atomic E-state index is 10.8. The molecule has 0 saturated heterocycles. The fraction of sp³-hybridized carbons (Fsp3) is 0.400. The lowest BCUT2D eigenvalue weighted by molar-refractivity contribution is -0.384. The number of nitro groups is 1. The molecule has 0 aliphatic heterocycles. The first-order valence-corrected chi connectivity index (χ1v) is 6.90. The quantitative estimate of drug-likeness (QED) is 0.675. The molecular weight excluding hydrogens is 268 g/mol. The van der Waals surface area contributed by atoms with Crippen LogP contribution in [0.1, 0.15) is 29.4 Å². The highest BCUT2D eigenvalue weighted by atomic mass is 16.6. The second-order valence-corrected chi connectivity index (χ2v) is 5.42.